The number of rotatable bonds is 14. The highest BCUT2D eigenvalue weighted by Crippen LogP contribution is 2.45. The maximum absolute atomic E-state index is 13.9. The van der Waals surface area contributed by atoms with Gasteiger partial charge in [-0.1, -0.05) is 102 Å². The minimum absolute atomic E-state index is 0.0000915. The highest BCUT2D eigenvalue weighted by molar-refractivity contribution is 7.99. The number of thioether (sulfide) groups is 1. The lowest BCUT2D eigenvalue weighted by molar-refractivity contribution is 0.0974. The van der Waals surface area contributed by atoms with Crippen molar-refractivity contribution >= 4 is 23.3 Å². The minimum Gasteiger partial charge on any atom is -0.507 e. The molecule has 5 heteroatoms. The maximum Gasteiger partial charge on any atom is 0.198 e. The monoisotopic (exact) mass is 702 g/mol. The molecule has 0 saturated heterocycles. The number of fused-ring (bicyclic) bond motifs is 2. The largest absolute Gasteiger partial charge is 0.507 e. The van der Waals surface area contributed by atoms with Crippen LogP contribution in [0.25, 0.3) is 22.3 Å². The van der Waals surface area contributed by atoms with Crippen molar-refractivity contribution in [1.29, 1.82) is 0 Å². The van der Waals surface area contributed by atoms with E-state index in [4.69, 9.17) is 0 Å². The molecule has 0 radical (unpaired) electrons. The van der Waals surface area contributed by atoms with Crippen molar-refractivity contribution in [2.24, 2.45) is 5.92 Å². The molecule has 0 bridgehead atoms. The van der Waals surface area contributed by atoms with E-state index in [1.54, 1.807) is 24.3 Å². The summed E-state index contributed by atoms with van der Waals surface area (Å²) in [6.45, 7) is 8.60. The van der Waals surface area contributed by atoms with Gasteiger partial charge in [0.1, 0.15) is 11.5 Å². The number of phenolic OH excluding ortho intramolecular Hbond substituents is 2. The summed E-state index contributed by atoms with van der Waals surface area (Å²) < 4.78 is 0. The number of ketones is 2. The Hall–Kier alpha value is -3.83. The molecule has 0 heterocycles. The smallest absolute Gasteiger partial charge is 0.198 e. The van der Waals surface area contributed by atoms with E-state index in [1.165, 1.54) is 81.1 Å². The van der Waals surface area contributed by atoms with Crippen LogP contribution in [-0.2, 0) is 0 Å². The first-order chi connectivity index (χ1) is 24.7. The van der Waals surface area contributed by atoms with E-state index in [2.05, 4.69) is 39.8 Å². The molecule has 1 saturated carbocycles. The summed E-state index contributed by atoms with van der Waals surface area (Å²) in [7, 11) is 0. The van der Waals surface area contributed by atoms with Crippen molar-refractivity contribution in [3.8, 4) is 33.8 Å². The molecule has 4 nitrogen and oxygen atoms in total. The molecule has 0 aromatic heterocycles. The number of aromatic hydroxyl groups is 2. The van der Waals surface area contributed by atoms with Crippen LogP contribution in [0.2, 0.25) is 0 Å². The Morgan fingerprint density at radius 2 is 1.12 bits per heavy atom. The lowest BCUT2D eigenvalue weighted by Gasteiger charge is -2.29. The molecule has 4 aromatic rings. The quantitative estimate of drug-likeness (QED) is 0.0890. The van der Waals surface area contributed by atoms with E-state index < -0.39 is 11.6 Å². The number of hydrogen-bond acceptors (Lipinski definition) is 5. The van der Waals surface area contributed by atoms with Gasteiger partial charge in [0.05, 0.1) is 11.1 Å². The Kier molecular flexibility index (Phi) is 12.1. The number of carbonyl (C=O) groups is 2. The van der Waals surface area contributed by atoms with Crippen LogP contribution in [0.1, 0.15) is 152 Å². The lowest BCUT2D eigenvalue weighted by Crippen LogP contribution is -2.21. The maximum atomic E-state index is 13.9. The Balaban J connectivity index is 1.17. The third kappa shape index (κ3) is 7.84. The molecule has 2 N–H and O–H groups in total. The van der Waals surface area contributed by atoms with Crippen LogP contribution < -0.4 is 0 Å². The van der Waals surface area contributed by atoms with Crippen LogP contribution in [0.5, 0.6) is 11.5 Å². The van der Waals surface area contributed by atoms with Gasteiger partial charge in [-0.05, 0) is 116 Å². The van der Waals surface area contributed by atoms with Crippen molar-refractivity contribution in [3.05, 3.63) is 99.6 Å². The second-order valence-corrected chi connectivity index (χ2v) is 16.1. The number of benzene rings is 4. The Morgan fingerprint density at radius 3 is 1.69 bits per heavy atom. The number of hydrogen-bond donors (Lipinski definition) is 2. The second kappa shape index (κ2) is 16.7. The van der Waals surface area contributed by atoms with Gasteiger partial charge in [-0.3, -0.25) is 9.59 Å². The molecule has 0 amide bonds. The Labute approximate surface area is 309 Å². The van der Waals surface area contributed by atoms with E-state index in [9.17, 15) is 19.8 Å². The normalized spacial score (nSPS) is 17.0. The summed E-state index contributed by atoms with van der Waals surface area (Å²) in [6, 6.07) is 19.1. The Bertz CT molecular complexity index is 1860. The molecular weight excluding hydrogens is 649 g/mol. The van der Waals surface area contributed by atoms with Gasteiger partial charge in [-0.25, -0.2) is 0 Å². The van der Waals surface area contributed by atoms with E-state index in [1.807, 2.05) is 36.0 Å². The fraction of sp³-hybridized carbons (Fsp3) is 0.435. The van der Waals surface area contributed by atoms with E-state index in [-0.39, 0.29) is 33.8 Å². The number of carbonyl (C=O) groups excluding carboxylic acids is 2. The molecule has 6 rings (SSSR count). The van der Waals surface area contributed by atoms with Crippen molar-refractivity contribution in [2.45, 2.75) is 122 Å². The van der Waals surface area contributed by atoms with Gasteiger partial charge in [0.25, 0.3) is 0 Å². The molecule has 4 aromatic carbocycles. The lowest BCUT2D eigenvalue weighted by atomic mass is 9.76. The van der Waals surface area contributed by atoms with Crippen LogP contribution in [0, 0.1) is 19.8 Å². The molecule has 2 aliphatic rings. The van der Waals surface area contributed by atoms with Crippen molar-refractivity contribution in [3.63, 3.8) is 0 Å². The predicted molar refractivity (Wildman–Crippen MR) is 212 cm³/mol. The van der Waals surface area contributed by atoms with Crippen LogP contribution in [0.3, 0.4) is 0 Å². The van der Waals surface area contributed by atoms with Gasteiger partial charge < -0.3 is 10.2 Å². The topological polar surface area (TPSA) is 74.6 Å². The molecule has 0 atom stereocenters. The van der Waals surface area contributed by atoms with Crippen LogP contribution >= 0.6 is 11.8 Å². The van der Waals surface area contributed by atoms with Crippen molar-refractivity contribution < 1.29 is 19.8 Å². The predicted octanol–water partition coefficient (Wildman–Crippen LogP) is 12.7. The highest BCUT2D eigenvalue weighted by atomic mass is 32.2. The molecule has 268 valence electrons. The van der Waals surface area contributed by atoms with E-state index in [0.717, 1.165) is 46.8 Å². The van der Waals surface area contributed by atoms with E-state index >= 15 is 0 Å². The summed E-state index contributed by atoms with van der Waals surface area (Å²) in [5.74, 6) is 1.17. The Morgan fingerprint density at radius 1 is 0.608 bits per heavy atom. The second-order valence-electron chi connectivity index (χ2n) is 15.0. The molecule has 0 aliphatic heterocycles. The van der Waals surface area contributed by atoms with Gasteiger partial charge in [-0.2, -0.15) is 0 Å². The van der Waals surface area contributed by atoms with Crippen molar-refractivity contribution in [2.75, 3.05) is 5.75 Å². The first-order valence-electron chi connectivity index (χ1n) is 19.4. The fourth-order valence-electron chi connectivity index (χ4n) is 8.34. The number of phenols is 2. The van der Waals surface area contributed by atoms with E-state index in [0.29, 0.717) is 17.0 Å². The zero-order chi connectivity index (χ0) is 36.1. The van der Waals surface area contributed by atoms with Crippen LogP contribution in [0.15, 0.2) is 65.6 Å². The SMILES string of the molecule is CCCCCCCCC1CCC(c2ccc(-c3ccc4c(c3O)C(=O)c3ccc(-c5cc(C)c(SCCCC)c(C)c5)c(O)c3C4=O)cc2)CC1. The molecule has 0 spiro atoms. The van der Waals surface area contributed by atoms with Gasteiger partial charge in [-0.15, -0.1) is 11.8 Å². The minimum atomic E-state index is -0.455. The van der Waals surface area contributed by atoms with Gasteiger partial charge in [0.15, 0.2) is 11.6 Å². The summed E-state index contributed by atoms with van der Waals surface area (Å²) >= 11 is 1.85. The summed E-state index contributed by atoms with van der Waals surface area (Å²) in [5, 5.41) is 23.0. The first kappa shape index (κ1) is 36.9. The number of unbranched alkanes of at least 4 members (excludes halogenated alkanes) is 6. The molecular formula is C46H54O4S. The highest BCUT2D eigenvalue weighted by Gasteiger charge is 2.36. The third-order valence-electron chi connectivity index (χ3n) is 11.3. The summed E-state index contributed by atoms with van der Waals surface area (Å²) in [5.41, 5.74) is 6.45. The van der Waals surface area contributed by atoms with Gasteiger partial charge >= 0.3 is 0 Å². The standard InChI is InChI=1S/C46H54O4S/c1-5-7-9-10-11-12-13-31-14-16-32(17-15-31)33-18-20-34(21-19-33)36-22-24-38-40(42(36)47)44(49)39-25-23-37(43(48)41(39)45(38)50)35-27-29(3)46(30(4)28-35)51-26-8-6-2/h18-25,27-28,31-32,47-48H,5-17,26H2,1-4H3. The molecule has 2 aliphatic carbocycles. The summed E-state index contributed by atoms with van der Waals surface area (Å²) in [4.78, 5) is 29.1. The molecule has 1 fully saturated rings. The average Bonchev–Trinajstić information content (AvgIpc) is 3.13. The van der Waals surface area contributed by atoms with Crippen LogP contribution in [-0.4, -0.2) is 27.5 Å². The van der Waals surface area contributed by atoms with Gasteiger partial charge in [0.2, 0.25) is 0 Å². The summed E-state index contributed by atoms with van der Waals surface area (Å²) in [6.07, 6.45) is 16.9. The van der Waals surface area contributed by atoms with Gasteiger partial charge in [0, 0.05) is 27.1 Å². The molecule has 0 unspecified atom stereocenters. The average molecular weight is 703 g/mol. The molecule has 51 heavy (non-hydrogen) atoms. The van der Waals surface area contributed by atoms with Crippen LogP contribution in [0.4, 0.5) is 0 Å². The zero-order valence-electron chi connectivity index (χ0n) is 30.9. The fourth-order valence-corrected chi connectivity index (χ4v) is 9.55. The zero-order valence-corrected chi connectivity index (χ0v) is 31.8. The van der Waals surface area contributed by atoms with Crippen molar-refractivity contribution in [1.82, 2.24) is 0 Å². The first-order valence-corrected chi connectivity index (χ1v) is 20.4. The third-order valence-corrected chi connectivity index (χ3v) is 12.7. The number of aryl methyl sites for hydroxylation is 2.